The van der Waals surface area contributed by atoms with Crippen LogP contribution in [-0.2, 0) is 5.41 Å². The maximum atomic E-state index is 14.3. The van der Waals surface area contributed by atoms with Crippen molar-refractivity contribution in [3.63, 3.8) is 0 Å². The molecule has 3 nitrogen and oxygen atoms in total. The van der Waals surface area contributed by atoms with Gasteiger partial charge in [0.2, 0.25) is 0 Å². The van der Waals surface area contributed by atoms with Crippen molar-refractivity contribution in [3.8, 4) is 0 Å². The minimum Gasteiger partial charge on any atom is -0.307 e. The number of hydrogen-bond donors (Lipinski definition) is 0. The summed E-state index contributed by atoms with van der Waals surface area (Å²) < 4.78 is 28.0. The van der Waals surface area contributed by atoms with Gasteiger partial charge in [0.1, 0.15) is 0 Å². The van der Waals surface area contributed by atoms with E-state index in [0.717, 1.165) is 49.8 Å². The Kier molecular flexibility index (Phi) is 5.69. The smallest absolute Gasteiger partial charge is 0.261 e. The van der Waals surface area contributed by atoms with Gasteiger partial charge in [0.25, 0.3) is 5.91 Å². The van der Waals surface area contributed by atoms with Gasteiger partial charge in [-0.15, -0.1) is 0 Å². The van der Waals surface area contributed by atoms with E-state index in [0.29, 0.717) is 11.6 Å². The summed E-state index contributed by atoms with van der Waals surface area (Å²) in [7, 11) is 0. The highest BCUT2D eigenvalue weighted by molar-refractivity contribution is 6.30. The molecule has 0 radical (unpaired) electrons. The second kappa shape index (κ2) is 8.12. The first-order valence-corrected chi connectivity index (χ1v) is 10.6. The Balaban J connectivity index is 1.65. The van der Waals surface area contributed by atoms with Crippen LogP contribution < -0.4 is 4.90 Å². The molecule has 0 aromatic heterocycles. The Labute approximate surface area is 180 Å². The number of anilines is 1. The van der Waals surface area contributed by atoms with Crippen molar-refractivity contribution >= 4 is 23.2 Å². The highest BCUT2D eigenvalue weighted by Crippen LogP contribution is 2.48. The standard InChI is InChI=1S/C24H25ClF2N2O/c1-16(2)8-11-28-12-9-24(10-13-28)15-29(21-7-6-17(25)14-19(21)24)23(30)18-4-3-5-20(26)22(18)27/h3-8,14H,9-13,15H2,1-2H3. The van der Waals surface area contributed by atoms with Crippen LogP contribution in [0.2, 0.25) is 5.02 Å². The summed E-state index contributed by atoms with van der Waals surface area (Å²) in [5.41, 5.74) is 2.60. The number of carbonyl (C=O) groups is 1. The van der Waals surface area contributed by atoms with Gasteiger partial charge < -0.3 is 4.90 Å². The van der Waals surface area contributed by atoms with Gasteiger partial charge in [-0.1, -0.05) is 29.3 Å². The first kappa shape index (κ1) is 21.0. The van der Waals surface area contributed by atoms with Crippen molar-refractivity contribution in [2.45, 2.75) is 32.1 Å². The fraction of sp³-hybridized carbons (Fsp3) is 0.375. The van der Waals surface area contributed by atoms with Crippen LogP contribution in [0.1, 0.15) is 42.6 Å². The van der Waals surface area contributed by atoms with E-state index in [4.69, 9.17) is 11.6 Å². The molecule has 1 amide bonds. The van der Waals surface area contributed by atoms with Gasteiger partial charge in [0, 0.05) is 29.2 Å². The molecule has 2 heterocycles. The number of benzene rings is 2. The molecule has 2 aliphatic heterocycles. The number of nitrogens with zero attached hydrogens (tertiary/aromatic N) is 2. The number of piperidine rings is 1. The van der Waals surface area contributed by atoms with E-state index in [9.17, 15) is 13.6 Å². The average molecular weight is 431 g/mol. The van der Waals surface area contributed by atoms with Gasteiger partial charge >= 0.3 is 0 Å². The summed E-state index contributed by atoms with van der Waals surface area (Å²) in [6.07, 6.45) is 3.98. The van der Waals surface area contributed by atoms with Crippen LogP contribution in [0.5, 0.6) is 0 Å². The highest BCUT2D eigenvalue weighted by Gasteiger charge is 2.46. The lowest BCUT2D eigenvalue weighted by Gasteiger charge is -2.39. The molecule has 1 saturated heterocycles. The summed E-state index contributed by atoms with van der Waals surface area (Å²) in [5.74, 6) is -2.63. The lowest BCUT2D eigenvalue weighted by Crippen LogP contribution is -2.46. The molecular formula is C24H25ClF2N2O. The van der Waals surface area contributed by atoms with Crippen LogP contribution in [0, 0.1) is 11.6 Å². The molecule has 2 aromatic carbocycles. The van der Waals surface area contributed by atoms with Gasteiger partial charge in [-0.25, -0.2) is 8.78 Å². The number of allylic oxidation sites excluding steroid dienone is 1. The summed E-state index contributed by atoms with van der Waals surface area (Å²) in [6, 6.07) is 9.21. The highest BCUT2D eigenvalue weighted by atomic mass is 35.5. The van der Waals surface area contributed by atoms with E-state index in [2.05, 4.69) is 24.8 Å². The fourth-order valence-electron chi connectivity index (χ4n) is 4.54. The zero-order valence-electron chi connectivity index (χ0n) is 17.2. The van der Waals surface area contributed by atoms with Crippen molar-refractivity contribution < 1.29 is 13.6 Å². The Hall–Kier alpha value is -2.24. The minimum absolute atomic E-state index is 0.221. The second-order valence-electron chi connectivity index (χ2n) is 8.52. The van der Waals surface area contributed by atoms with Crippen LogP contribution in [0.15, 0.2) is 48.0 Å². The van der Waals surface area contributed by atoms with Crippen molar-refractivity contribution in [2.75, 3.05) is 31.1 Å². The largest absolute Gasteiger partial charge is 0.307 e. The lowest BCUT2D eigenvalue weighted by atomic mass is 9.74. The summed E-state index contributed by atoms with van der Waals surface area (Å²) in [6.45, 7) is 7.37. The van der Waals surface area contributed by atoms with Crippen molar-refractivity contribution in [3.05, 3.63) is 75.8 Å². The fourth-order valence-corrected chi connectivity index (χ4v) is 4.71. The summed E-state index contributed by atoms with van der Waals surface area (Å²) in [4.78, 5) is 17.2. The van der Waals surface area contributed by atoms with Crippen LogP contribution in [0.4, 0.5) is 14.5 Å². The van der Waals surface area contributed by atoms with Gasteiger partial charge in [-0.2, -0.15) is 0 Å². The molecule has 4 rings (SSSR count). The van der Waals surface area contributed by atoms with Crippen LogP contribution in [0.25, 0.3) is 0 Å². The van der Waals surface area contributed by atoms with Gasteiger partial charge in [0.05, 0.1) is 5.56 Å². The number of carbonyl (C=O) groups excluding carboxylic acids is 1. The number of hydrogen-bond acceptors (Lipinski definition) is 2. The minimum atomic E-state index is -1.10. The average Bonchev–Trinajstić information content (AvgIpc) is 3.02. The molecular weight excluding hydrogens is 406 g/mol. The third-order valence-electron chi connectivity index (χ3n) is 6.28. The van der Waals surface area contributed by atoms with Crippen molar-refractivity contribution in [2.24, 2.45) is 0 Å². The zero-order chi connectivity index (χ0) is 21.5. The molecule has 158 valence electrons. The molecule has 0 unspecified atom stereocenters. The predicted octanol–water partition coefficient (Wildman–Crippen LogP) is 5.58. The Morgan fingerprint density at radius 1 is 1.17 bits per heavy atom. The first-order valence-electron chi connectivity index (χ1n) is 10.2. The van der Waals surface area contributed by atoms with Crippen LogP contribution >= 0.6 is 11.6 Å². The first-order chi connectivity index (χ1) is 14.3. The normalized spacial score (nSPS) is 17.8. The van der Waals surface area contributed by atoms with E-state index in [1.54, 1.807) is 11.0 Å². The molecule has 6 heteroatoms. The topological polar surface area (TPSA) is 23.6 Å². The number of likely N-dealkylation sites (tertiary alicyclic amines) is 1. The van der Waals surface area contributed by atoms with E-state index in [-0.39, 0.29) is 11.0 Å². The van der Waals surface area contributed by atoms with Crippen molar-refractivity contribution in [1.29, 1.82) is 0 Å². The SMILES string of the molecule is CC(C)=CCN1CCC2(CC1)CN(C(=O)c1cccc(F)c1F)c1ccc(Cl)cc12. The Morgan fingerprint density at radius 3 is 2.60 bits per heavy atom. The molecule has 0 bridgehead atoms. The zero-order valence-corrected chi connectivity index (χ0v) is 18.0. The quantitative estimate of drug-likeness (QED) is 0.593. The van der Waals surface area contributed by atoms with Crippen LogP contribution in [-0.4, -0.2) is 37.0 Å². The van der Waals surface area contributed by atoms with Gasteiger partial charge in [-0.3, -0.25) is 9.69 Å². The molecule has 0 saturated carbocycles. The van der Waals surface area contributed by atoms with Gasteiger partial charge in [0.15, 0.2) is 11.6 Å². The van der Waals surface area contributed by atoms with Gasteiger partial charge in [-0.05, 0) is 75.7 Å². The van der Waals surface area contributed by atoms with E-state index < -0.39 is 17.5 Å². The maximum Gasteiger partial charge on any atom is 0.261 e. The summed E-state index contributed by atoms with van der Waals surface area (Å²) in [5, 5.41) is 0.617. The van der Waals surface area contributed by atoms with E-state index in [1.807, 2.05) is 12.1 Å². The number of halogens is 3. The number of rotatable bonds is 3. The molecule has 2 aliphatic rings. The summed E-state index contributed by atoms with van der Waals surface area (Å²) >= 11 is 6.30. The molecule has 1 fully saturated rings. The molecule has 0 aliphatic carbocycles. The molecule has 2 aromatic rings. The third-order valence-corrected chi connectivity index (χ3v) is 6.51. The molecule has 0 atom stereocenters. The molecule has 30 heavy (non-hydrogen) atoms. The number of amides is 1. The Morgan fingerprint density at radius 2 is 1.90 bits per heavy atom. The second-order valence-corrected chi connectivity index (χ2v) is 8.95. The van der Waals surface area contributed by atoms with E-state index in [1.165, 1.54) is 17.7 Å². The number of fused-ring (bicyclic) bond motifs is 2. The Bertz CT molecular complexity index is 1010. The monoisotopic (exact) mass is 430 g/mol. The maximum absolute atomic E-state index is 14.3. The van der Waals surface area contributed by atoms with E-state index >= 15 is 0 Å². The lowest BCUT2D eigenvalue weighted by molar-refractivity contribution is 0.0973. The third kappa shape index (κ3) is 3.77. The van der Waals surface area contributed by atoms with Crippen molar-refractivity contribution in [1.82, 2.24) is 4.90 Å². The predicted molar refractivity (Wildman–Crippen MR) is 116 cm³/mol. The molecule has 0 N–H and O–H groups in total. The molecule has 1 spiro atoms. The van der Waals surface area contributed by atoms with Crippen LogP contribution in [0.3, 0.4) is 0 Å².